The molecule has 1 aromatic rings. The van der Waals surface area contributed by atoms with Gasteiger partial charge in [0.25, 0.3) is 5.91 Å². The number of carbonyl (C=O) groups is 2. The number of imide groups is 1. The molecular formula is C20H28ClN3O2. The summed E-state index contributed by atoms with van der Waals surface area (Å²) in [6.45, 7) is 10.6. The maximum Gasteiger partial charge on any atom is 0.329 e. The van der Waals surface area contributed by atoms with E-state index in [1.165, 1.54) is 4.90 Å². The number of anilines is 1. The normalized spacial score (nSPS) is 37.3. The van der Waals surface area contributed by atoms with Gasteiger partial charge in [0.1, 0.15) is 5.54 Å². The minimum Gasteiger partial charge on any atom is -0.322 e. The number of nitrogens with one attached hydrogen (secondary N) is 2. The van der Waals surface area contributed by atoms with Crippen molar-refractivity contribution in [2.45, 2.75) is 70.5 Å². The van der Waals surface area contributed by atoms with Crippen molar-refractivity contribution in [2.75, 3.05) is 4.90 Å². The minimum atomic E-state index is -0.916. The van der Waals surface area contributed by atoms with E-state index in [1.807, 2.05) is 0 Å². The van der Waals surface area contributed by atoms with Gasteiger partial charge in [-0.25, -0.2) is 9.69 Å². The molecule has 6 heteroatoms. The van der Waals surface area contributed by atoms with Crippen LogP contribution < -0.4 is 15.5 Å². The van der Waals surface area contributed by atoms with E-state index in [1.54, 1.807) is 24.3 Å². The molecule has 0 aliphatic carbocycles. The van der Waals surface area contributed by atoms with Crippen LogP contribution in [0.4, 0.5) is 10.5 Å². The zero-order valence-electron chi connectivity index (χ0n) is 16.1. The van der Waals surface area contributed by atoms with E-state index in [0.717, 1.165) is 12.8 Å². The van der Waals surface area contributed by atoms with Crippen molar-refractivity contribution in [3.05, 3.63) is 29.3 Å². The number of rotatable bonds is 3. The highest BCUT2D eigenvalue weighted by Crippen LogP contribution is 2.47. The van der Waals surface area contributed by atoms with Crippen molar-refractivity contribution in [3.63, 3.8) is 0 Å². The summed E-state index contributed by atoms with van der Waals surface area (Å²) in [5.41, 5.74) is -0.889. The summed E-state index contributed by atoms with van der Waals surface area (Å²) in [7, 11) is 0. The lowest BCUT2D eigenvalue weighted by molar-refractivity contribution is -0.129. The van der Waals surface area contributed by atoms with Gasteiger partial charge in [-0.2, -0.15) is 0 Å². The Bertz CT molecular complexity index is 754. The molecule has 0 saturated carbocycles. The van der Waals surface area contributed by atoms with E-state index in [0.29, 0.717) is 17.1 Å². The summed E-state index contributed by atoms with van der Waals surface area (Å²) in [6.07, 6.45) is 2.30. The second kappa shape index (κ2) is 6.24. The average Bonchev–Trinajstić information content (AvgIpc) is 2.83. The fourth-order valence-corrected chi connectivity index (χ4v) is 4.80. The van der Waals surface area contributed by atoms with Crippen LogP contribution in [0.1, 0.15) is 53.9 Å². The molecule has 5 nitrogen and oxygen atoms in total. The quantitative estimate of drug-likeness (QED) is 0.779. The van der Waals surface area contributed by atoms with Crippen LogP contribution in [0.3, 0.4) is 0 Å². The monoisotopic (exact) mass is 377 g/mol. The number of hydrogen-bond acceptors (Lipinski definition) is 3. The molecule has 0 radical (unpaired) electrons. The first-order valence-electron chi connectivity index (χ1n) is 9.32. The van der Waals surface area contributed by atoms with Gasteiger partial charge in [0.2, 0.25) is 0 Å². The number of carbonyl (C=O) groups excluding carboxylic acids is 2. The highest BCUT2D eigenvalue weighted by Gasteiger charge is 2.64. The first-order chi connectivity index (χ1) is 12.1. The summed E-state index contributed by atoms with van der Waals surface area (Å²) in [4.78, 5) is 27.7. The molecule has 3 rings (SSSR count). The standard InChI is InChI=1S/C20H28ClN3O2/c1-6-18(4)12-20(13(3)19(5,7-2)23-18)16(25)24(17(26)22-20)15-10-8-9-14(21)11-15/h8-11,13,23H,6-7,12H2,1-5H3,(H,22,26). The van der Waals surface area contributed by atoms with Gasteiger partial charge in [0.05, 0.1) is 5.69 Å². The predicted molar refractivity (Wildman–Crippen MR) is 105 cm³/mol. The Hall–Kier alpha value is -1.59. The lowest BCUT2D eigenvalue weighted by Crippen LogP contribution is -2.74. The summed E-state index contributed by atoms with van der Waals surface area (Å²) in [6, 6.07) is 6.51. The molecule has 1 aromatic carbocycles. The number of hydrogen-bond donors (Lipinski definition) is 2. The zero-order chi connectivity index (χ0) is 19.3. The number of urea groups is 1. The Morgan fingerprint density at radius 2 is 1.92 bits per heavy atom. The lowest BCUT2D eigenvalue weighted by Gasteiger charge is -2.56. The van der Waals surface area contributed by atoms with Crippen molar-refractivity contribution < 1.29 is 9.59 Å². The first kappa shape index (κ1) is 19.2. The van der Waals surface area contributed by atoms with Gasteiger partial charge in [0.15, 0.2) is 0 Å². The molecule has 0 aromatic heterocycles. The van der Waals surface area contributed by atoms with Crippen LogP contribution in [-0.4, -0.2) is 28.6 Å². The number of amides is 3. The van der Waals surface area contributed by atoms with Crippen LogP contribution in [0.15, 0.2) is 24.3 Å². The number of piperidine rings is 1. The highest BCUT2D eigenvalue weighted by molar-refractivity contribution is 6.31. The molecule has 1 spiro atoms. The Labute approximate surface area is 160 Å². The van der Waals surface area contributed by atoms with Crippen molar-refractivity contribution in [1.29, 1.82) is 0 Å². The van der Waals surface area contributed by atoms with Gasteiger partial charge < -0.3 is 10.6 Å². The van der Waals surface area contributed by atoms with E-state index < -0.39 is 5.54 Å². The second-order valence-electron chi connectivity index (χ2n) is 8.23. The van der Waals surface area contributed by atoms with Crippen LogP contribution in [0, 0.1) is 5.92 Å². The van der Waals surface area contributed by atoms with Crippen molar-refractivity contribution in [2.24, 2.45) is 5.92 Å². The van der Waals surface area contributed by atoms with Crippen LogP contribution in [-0.2, 0) is 4.79 Å². The molecule has 0 bridgehead atoms. The van der Waals surface area contributed by atoms with Crippen LogP contribution in [0.25, 0.3) is 0 Å². The average molecular weight is 378 g/mol. The number of nitrogens with zero attached hydrogens (tertiary/aromatic N) is 1. The molecular weight excluding hydrogens is 350 g/mol. The van der Waals surface area contributed by atoms with Gasteiger partial charge >= 0.3 is 6.03 Å². The van der Waals surface area contributed by atoms with E-state index in [2.05, 4.69) is 45.3 Å². The molecule has 2 saturated heterocycles. The smallest absolute Gasteiger partial charge is 0.322 e. The maximum atomic E-state index is 13.6. The van der Waals surface area contributed by atoms with E-state index >= 15 is 0 Å². The third kappa shape index (κ3) is 2.72. The first-order valence-corrected chi connectivity index (χ1v) is 9.70. The third-order valence-corrected chi connectivity index (χ3v) is 6.89. The molecule has 26 heavy (non-hydrogen) atoms. The van der Waals surface area contributed by atoms with Crippen LogP contribution >= 0.6 is 11.6 Å². The zero-order valence-corrected chi connectivity index (χ0v) is 16.9. The SMILES string of the molecule is CCC1(C)CC2(NC(=O)N(c3cccc(Cl)c3)C2=O)C(C)C(C)(CC)N1. The molecule has 2 N–H and O–H groups in total. The topological polar surface area (TPSA) is 61.4 Å². The van der Waals surface area contributed by atoms with Gasteiger partial charge in [-0.1, -0.05) is 38.4 Å². The molecule has 2 heterocycles. The largest absolute Gasteiger partial charge is 0.329 e. The number of halogens is 1. The van der Waals surface area contributed by atoms with Gasteiger partial charge in [0, 0.05) is 22.0 Å². The highest BCUT2D eigenvalue weighted by atomic mass is 35.5. The molecule has 2 fully saturated rings. The lowest BCUT2D eigenvalue weighted by atomic mass is 9.61. The van der Waals surface area contributed by atoms with Crippen molar-refractivity contribution in [1.82, 2.24) is 10.6 Å². The Balaban J connectivity index is 2.08. The summed E-state index contributed by atoms with van der Waals surface area (Å²) in [5, 5.41) is 7.33. The molecule has 3 amide bonds. The molecule has 4 atom stereocenters. The van der Waals surface area contributed by atoms with E-state index in [4.69, 9.17) is 11.6 Å². The van der Waals surface area contributed by atoms with Gasteiger partial charge in [-0.15, -0.1) is 0 Å². The second-order valence-corrected chi connectivity index (χ2v) is 8.67. The third-order valence-electron chi connectivity index (χ3n) is 6.65. The Kier molecular flexibility index (Phi) is 4.60. The molecule has 2 aliphatic rings. The Morgan fingerprint density at radius 3 is 2.50 bits per heavy atom. The van der Waals surface area contributed by atoms with E-state index in [9.17, 15) is 9.59 Å². The fraction of sp³-hybridized carbons (Fsp3) is 0.600. The van der Waals surface area contributed by atoms with Gasteiger partial charge in [-0.3, -0.25) is 4.79 Å². The Morgan fingerprint density at radius 1 is 1.23 bits per heavy atom. The number of benzene rings is 1. The van der Waals surface area contributed by atoms with Crippen LogP contribution in [0.5, 0.6) is 0 Å². The fourth-order valence-electron chi connectivity index (χ4n) is 4.62. The summed E-state index contributed by atoms with van der Waals surface area (Å²) >= 11 is 6.08. The molecule has 4 unspecified atom stereocenters. The van der Waals surface area contributed by atoms with Crippen molar-refractivity contribution in [3.8, 4) is 0 Å². The van der Waals surface area contributed by atoms with Crippen LogP contribution in [0.2, 0.25) is 5.02 Å². The van der Waals surface area contributed by atoms with E-state index in [-0.39, 0.29) is 28.9 Å². The summed E-state index contributed by atoms with van der Waals surface area (Å²) < 4.78 is 0. The van der Waals surface area contributed by atoms with Gasteiger partial charge in [-0.05, 0) is 51.3 Å². The molecule has 2 aliphatic heterocycles. The predicted octanol–water partition coefficient (Wildman–Crippen LogP) is 4.10. The maximum absolute atomic E-state index is 13.6. The molecule has 142 valence electrons. The van der Waals surface area contributed by atoms with Crippen molar-refractivity contribution >= 4 is 29.2 Å². The summed E-state index contributed by atoms with van der Waals surface area (Å²) in [5.74, 6) is -0.238. The minimum absolute atomic E-state index is 0.0553.